The molecule has 0 aliphatic carbocycles. The summed E-state index contributed by atoms with van der Waals surface area (Å²) in [5.41, 5.74) is -0.744. The highest BCUT2D eigenvalue weighted by Gasteiger charge is 2.28. The molecule has 1 saturated heterocycles. The van der Waals surface area contributed by atoms with Crippen LogP contribution in [0.15, 0.2) is 36.4 Å². The lowest BCUT2D eigenvalue weighted by molar-refractivity contribution is 0.00703. The van der Waals surface area contributed by atoms with Gasteiger partial charge in [-0.05, 0) is 60.7 Å². The van der Waals surface area contributed by atoms with Gasteiger partial charge in [-0.1, -0.05) is 11.6 Å². The Kier molecular flexibility index (Phi) is 5.89. The van der Waals surface area contributed by atoms with E-state index in [2.05, 4.69) is 0 Å². The summed E-state index contributed by atoms with van der Waals surface area (Å²) in [5, 5.41) is 20.4. The summed E-state index contributed by atoms with van der Waals surface area (Å²) in [7, 11) is 0. The highest BCUT2D eigenvalue weighted by atomic mass is 35.5. The maximum Gasteiger partial charge on any atom is 0.336 e. The molecule has 1 heterocycles. The number of benzene rings is 2. The molecule has 1 unspecified atom stereocenters. The maximum absolute atomic E-state index is 14.8. The van der Waals surface area contributed by atoms with E-state index in [-0.39, 0.29) is 17.0 Å². The van der Waals surface area contributed by atoms with Crippen LogP contribution in [0.1, 0.15) is 50.8 Å². The average Bonchev–Trinajstić information content (AvgIpc) is 2.67. The van der Waals surface area contributed by atoms with Crippen molar-refractivity contribution < 1.29 is 28.9 Å². The molecule has 3 rings (SSSR count). The molecule has 27 heavy (non-hydrogen) atoms. The third kappa shape index (κ3) is 4.18. The number of hydrogen-bond donors (Lipinski definition) is 2. The van der Waals surface area contributed by atoms with Crippen LogP contribution in [-0.4, -0.2) is 35.2 Å². The number of carboxylic acid groups (broad SMARTS) is 1. The van der Waals surface area contributed by atoms with Crippen LogP contribution < -0.4 is 0 Å². The van der Waals surface area contributed by atoms with Gasteiger partial charge in [0.25, 0.3) is 0 Å². The van der Waals surface area contributed by atoms with Gasteiger partial charge in [0.05, 0.1) is 17.2 Å². The number of carbonyl (C=O) groups is 2. The molecule has 2 aromatic carbocycles. The second kappa shape index (κ2) is 8.17. The Morgan fingerprint density at radius 3 is 2.37 bits per heavy atom. The molecule has 0 saturated carbocycles. The number of aliphatic hydroxyl groups excluding tert-OH is 1. The van der Waals surface area contributed by atoms with Crippen molar-refractivity contribution in [1.29, 1.82) is 0 Å². The van der Waals surface area contributed by atoms with Crippen LogP contribution >= 0.6 is 11.6 Å². The molecule has 5 nitrogen and oxygen atoms in total. The summed E-state index contributed by atoms with van der Waals surface area (Å²) < 4.78 is 20.0. The zero-order chi connectivity index (χ0) is 19.6. The van der Waals surface area contributed by atoms with Gasteiger partial charge in [-0.2, -0.15) is 0 Å². The first-order valence-corrected chi connectivity index (χ1v) is 8.89. The first-order valence-electron chi connectivity index (χ1n) is 8.51. The molecule has 2 N–H and O–H groups in total. The standard InChI is InChI=1S/C20H18ClFO5/c21-14-3-1-11(2-4-14)19(24)17-15(20(25)26)9-13(10-16(17)22)18(23)12-5-7-27-8-6-12/h1-4,9-10,12,18,23H,5-8H2,(H,25,26). The highest BCUT2D eigenvalue weighted by molar-refractivity contribution is 6.30. The van der Waals surface area contributed by atoms with Crippen molar-refractivity contribution in [1.82, 2.24) is 0 Å². The van der Waals surface area contributed by atoms with Crippen LogP contribution in [0.25, 0.3) is 0 Å². The molecule has 0 aromatic heterocycles. The number of rotatable bonds is 5. The number of halogens is 2. The van der Waals surface area contributed by atoms with Crippen molar-refractivity contribution in [2.45, 2.75) is 18.9 Å². The summed E-state index contributed by atoms with van der Waals surface area (Å²) >= 11 is 5.79. The summed E-state index contributed by atoms with van der Waals surface area (Å²) in [5.74, 6) is -3.32. The monoisotopic (exact) mass is 392 g/mol. The zero-order valence-electron chi connectivity index (χ0n) is 14.3. The summed E-state index contributed by atoms with van der Waals surface area (Å²) in [6.45, 7) is 0.978. The van der Waals surface area contributed by atoms with Gasteiger partial charge in [0.15, 0.2) is 5.78 Å². The van der Waals surface area contributed by atoms with Crippen molar-refractivity contribution in [3.05, 3.63) is 69.5 Å². The lowest BCUT2D eigenvalue weighted by Crippen LogP contribution is -2.23. The molecule has 1 aliphatic rings. The first-order chi connectivity index (χ1) is 12.9. The van der Waals surface area contributed by atoms with Gasteiger partial charge in [0.1, 0.15) is 5.82 Å². The molecule has 1 aliphatic heterocycles. The fourth-order valence-corrected chi connectivity index (χ4v) is 3.37. The normalized spacial score (nSPS) is 16.1. The van der Waals surface area contributed by atoms with Crippen LogP contribution in [0.2, 0.25) is 5.02 Å². The van der Waals surface area contributed by atoms with E-state index in [0.717, 1.165) is 6.07 Å². The lowest BCUT2D eigenvalue weighted by atomic mass is 9.87. The van der Waals surface area contributed by atoms with Gasteiger partial charge in [-0.15, -0.1) is 0 Å². The molecule has 142 valence electrons. The number of aromatic carboxylic acids is 1. The van der Waals surface area contributed by atoms with E-state index >= 15 is 0 Å². The van der Waals surface area contributed by atoms with Crippen LogP contribution in [0.4, 0.5) is 4.39 Å². The molecule has 0 radical (unpaired) electrons. The predicted molar refractivity (Wildman–Crippen MR) is 96.7 cm³/mol. The van der Waals surface area contributed by atoms with Crippen LogP contribution in [0.3, 0.4) is 0 Å². The van der Waals surface area contributed by atoms with Gasteiger partial charge >= 0.3 is 5.97 Å². The Hall–Kier alpha value is -2.28. The van der Waals surface area contributed by atoms with Crippen molar-refractivity contribution >= 4 is 23.4 Å². The quantitative estimate of drug-likeness (QED) is 0.755. The number of carboxylic acids is 1. The van der Waals surface area contributed by atoms with E-state index in [9.17, 15) is 24.2 Å². The van der Waals surface area contributed by atoms with Crippen LogP contribution in [0, 0.1) is 11.7 Å². The largest absolute Gasteiger partial charge is 0.478 e. The lowest BCUT2D eigenvalue weighted by Gasteiger charge is -2.27. The topological polar surface area (TPSA) is 83.8 Å². The van der Waals surface area contributed by atoms with E-state index in [1.165, 1.54) is 30.3 Å². The molecule has 0 spiro atoms. The van der Waals surface area contributed by atoms with Gasteiger partial charge in [-0.3, -0.25) is 4.79 Å². The second-order valence-electron chi connectivity index (χ2n) is 6.46. The summed E-state index contributed by atoms with van der Waals surface area (Å²) in [6.07, 6.45) is 0.161. The average molecular weight is 393 g/mol. The molecule has 1 fully saturated rings. The Bertz CT molecular complexity index is 859. The van der Waals surface area contributed by atoms with Crippen molar-refractivity contribution in [3.63, 3.8) is 0 Å². The van der Waals surface area contributed by atoms with Gasteiger partial charge in [-0.25, -0.2) is 9.18 Å². The fourth-order valence-electron chi connectivity index (χ4n) is 3.25. The summed E-state index contributed by atoms with van der Waals surface area (Å²) in [4.78, 5) is 24.3. The molecule has 0 amide bonds. The number of carbonyl (C=O) groups excluding carboxylic acids is 1. The Balaban J connectivity index is 2.01. The second-order valence-corrected chi connectivity index (χ2v) is 6.90. The van der Waals surface area contributed by atoms with E-state index in [1.54, 1.807) is 0 Å². The maximum atomic E-state index is 14.8. The molecular formula is C20H18ClFO5. The van der Waals surface area contributed by atoms with Crippen molar-refractivity contribution in [2.24, 2.45) is 5.92 Å². The molecule has 2 aromatic rings. The fraction of sp³-hybridized carbons (Fsp3) is 0.300. The van der Waals surface area contributed by atoms with E-state index < -0.39 is 34.8 Å². The molecule has 1 atom stereocenters. The minimum atomic E-state index is -1.44. The number of hydrogen-bond acceptors (Lipinski definition) is 4. The van der Waals surface area contributed by atoms with Crippen LogP contribution in [0.5, 0.6) is 0 Å². The third-order valence-electron chi connectivity index (χ3n) is 4.73. The number of aliphatic hydroxyl groups is 1. The third-order valence-corrected chi connectivity index (χ3v) is 4.98. The molecule has 7 heteroatoms. The van der Waals surface area contributed by atoms with E-state index in [1.807, 2.05) is 0 Å². The smallest absolute Gasteiger partial charge is 0.336 e. The van der Waals surface area contributed by atoms with Gasteiger partial charge in [0, 0.05) is 23.8 Å². The number of ketones is 1. The van der Waals surface area contributed by atoms with Crippen molar-refractivity contribution in [3.8, 4) is 0 Å². The molecular weight excluding hydrogens is 375 g/mol. The minimum Gasteiger partial charge on any atom is -0.478 e. The van der Waals surface area contributed by atoms with Crippen molar-refractivity contribution in [2.75, 3.05) is 13.2 Å². The number of ether oxygens (including phenoxy) is 1. The SMILES string of the molecule is O=C(O)c1cc(C(O)C2CCOCC2)cc(F)c1C(=O)c1ccc(Cl)cc1. The van der Waals surface area contributed by atoms with Gasteiger partial charge in [0.2, 0.25) is 0 Å². The summed E-state index contributed by atoms with van der Waals surface area (Å²) in [6, 6.07) is 7.96. The minimum absolute atomic E-state index is 0.124. The first kappa shape index (κ1) is 19.5. The Morgan fingerprint density at radius 2 is 1.78 bits per heavy atom. The predicted octanol–water partition coefficient (Wildman–Crippen LogP) is 3.87. The Labute approximate surface area is 160 Å². The molecule has 0 bridgehead atoms. The van der Waals surface area contributed by atoms with E-state index in [0.29, 0.717) is 31.1 Å². The highest BCUT2D eigenvalue weighted by Crippen LogP contribution is 2.32. The van der Waals surface area contributed by atoms with Gasteiger partial charge < -0.3 is 14.9 Å². The zero-order valence-corrected chi connectivity index (χ0v) is 15.1. The van der Waals surface area contributed by atoms with Crippen LogP contribution in [-0.2, 0) is 4.74 Å². The van der Waals surface area contributed by atoms with E-state index in [4.69, 9.17) is 16.3 Å². The Morgan fingerprint density at radius 1 is 1.15 bits per heavy atom.